The third kappa shape index (κ3) is 2.82. The zero-order valence-corrected chi connectivity index (χ0v) is 15.5. The van der Waals surface area contributed by atoms with Crippen LogP contribution in [0.2, 0.25) is 0 Å². The molecule has 2 aliphatic heterocycles. The lowest BCUT2D eigenvalue weighted by Gasteiger charge is -2.26. The Hall–Kier alpha value is -2.67. The number of imidazole rings is 1. The number of benzene rings is 1. The topological polar surface area (TPSA) is 65.2 Å². The van der Waals surface area contributed by atoms with Gasteiger partial charge in [0.05, 0.1) is 42.5 Å². The van der Waals surface area contributed by atoms with Crippen molar-refractivity contribution >= 4 is 17.0 Å². The van der Waals surface area contributed by atoms with Crippen LogP contribution in [0.3, 0.4) is 0 Å². The molecule has 0 spiro atoms. The highest BCUT2D eigenvalue weighted by atomic mass is 16.5. The number of hydrogen-bond donors (Lipinski definition) is 0. The van der Waals surface area contributed by atoms with Gasteiger partial charge in [-0.3, -0.25) is 4.79 Å². The van der Waals surface area contributed by atoms with Crippen LogP contribution in [0, 0.1) is 0 Å². The number of aromatic nitrogens is 4. The van der Waals surface area contributed by atoms with E-state index in [1.54, 1.807) is 10.7 Å². The monoisotopic (exact) mass is 365 g/mol. The van der Waals surface area contributed by atoms with Crippen molar-refractivity contribution in [3.8, 4) is 0 Å². The molecule has 1 fully saturated rings. The molecular weight excluding hydrogens is 342 g/mol. The third-order valence-electron chi connectivity index (χ3n) is 5.69. The zero-order valence-electron chi connectivity index (χ0n) is 15.5. The minimum atomic E-state index is -0.0453. The lowest BCUT2D eigenvalue weighted by molar-refractivity contribution is 0.108. The number of para-hydroxylation sites is 2. The van der Waals surface area contributed by atoms with Crippen molar-refractivity contribution in [1.82, 2.24) is 19.3 Å². The lowest BCUT2D eigenvalue weighted by atomic mass is 10.1. The van der Waals surface area contributed by atoms with E-state index in [1.165, 1.54) is 0 Å². The third-order valence-corrected chi connectivity index (χ3v) is 5.69. The number of nitrogens with zero attached hydrogens (tertiary/aromatic N) is 5. The first-order chi connectivity index (χ1) is 13.2. The smallest absolute Gasteiger partial charge is 0.267 e. The van der Waals surface area contributed by atoms with Gasteiger partial charge in [-0.25, -0.2) is 9.67 Å². The maximum absolute atomic E-state index is 12.5. The molecule has 1 saturated heterocycles. The van der Waals surface area contributed by atoms with Crippen molar-refractivity contribution in [1.29, 1.82) is 0 Å². The molecule has 27 heavy (non-hydrogen) atoms. The molecule has 1 atom stereocenters. The summed E-state index contributed by atoms with van der Waals surface area (Å²) in [4.78, 5) is 19.7. The van der Waals surface area contributed by atoms with E-state index < -0.39 is 0 Å². The Labute approximate surface area is 157 Å². The van der Waals surface area contributed by atoms with Gasteiger partial charge in [0.2, 0.25) is 5.95 Å². The molecule has 140 valence electrons. The molecule has 2 aromatic heterocycles. The first-order valence-electron chi connectivity index (χ1n) is 9.56. The van der Waals surface area contributed by atoms with Crippen LogP contribution in [0.25, 0.3) is 11.0 Å². The first-order valence-corrected chi connectivity index (χ1v) is 9.56. The molecule has 0 bridgehead atoms. The van der Waals surface area contributed by atoms with Gasteiger partial charge in [-0.2, -0.15) is 5.10 Å². The summed E-state index contributed by atoms with van der Waals surface area (Å²) in [5, 5.41) is 4.64. The molecule has 0 N–H and O–H groups in total. The van der Waals surface area contributed by atoms with Crippen LogP contribution < -0.4 is 10.5 Å². The van der Waals surface area contributed by atoms with E-state index in [9.17, 15) is 4.79 Å². The fraction of sp³-hybridized carbons (Fsp3) is 0.450. The normalized spacial score (nSPS) is 19.6. The van der Waals surface area contributed by atoms with E-state index in [-0.39, 0.29) is 11.6 Å². The van der Waals surface area contributed by atoms with Gasteiger partial charge in [-0.15, -0.1) is 0 Å². The highest BCUT2D eigenvalue weighted by Gasteiger charge is 2.29. The highest BCUT2D eigenvalue weighted by molar-refractivity contribution is 5.78. The van der Waals surface area contributed by atoms with Gasteiger partial charge in [0.15, 0.2) is 0 Å². The fourth-order valence-electron chi connectivity index (χ4n) is 4.26. The Morgan fingerprint density at radius 2 is 2.19 bits per heavy atom. The Balaban J connectivity index is 1.46. The number of rotatable bonds is 3. The molecule has 0 aliphatic carbocycles. The van der Waals surface area contributed by atoms with Gasteiger partial charge >= 0.3 is 0 Å². The molecule has 0 radical (unpaired) electrons. The maximum atomic E-state index is 12.5. The van der Waals surface area contributed by atoms with Crippen molar-refractivity contribution in [3.05, 3.63) is 51.9 Å². The van der Waals surface area contributed by atoms with Crippen LogP contribution in [0.1, 0.15) is 24.1 Å². The second-order valence-electron chi connectivity index (χ2n) is 7.39. The lowest BCUT2D eigenvalue weighted by Crippen LogP contribution is -2.39. The SMILES string of the molecule is Cn1c(N2CCCC2Cn2nc3c(cc2=O)COCC3)nc2ccccc21. The van der Waals surface area contributed by atoms with Gasteiger partial charge in [0.1, 0.15) is 0 Å². The highest BCUT2D eigenvalue weighted by Crippen LogP contribution is 2.28. The van der Waals surface area contributed by atoms with E-state index >= 15 is 0 Å². The molecule has 5 rings (SSSR count). The van der Waals surface area contributed by atoms with E-state index in [2.05, 4.69) is 27.7 Å². The van der Waals surface area contributed by atoms with Gasteiger partial charge in [0.25, 0.3) is 5.56 Å². The number of fused-ring (bicyclic) bond motifs is 2. The first kappa shape index (κ1) is 16.5. The van der Waals surface area contributed by atoms with Crippen LogP contribution in [-0.4, -0.2) is 38.5 Å². The summed E-state index contributed by atoms with van der Waals surface area (Å²) in [5.74, 6) is 0.970. The molecule has 2 aliphatic rings. The number of ether oxygens (including phenoxy) is 1. The summed E-state index contributed by atoms with van der Waals surface area (Å²) < 4.78 is 9.22. The molecule has 4 heterocycles. The van der Waals surface area contributed by atoms with E-state index in [1.807, 2.05) is 18.2 Å². The molecule has 0 amide bonds. The molecule has 1 aromatic carbocycles. The van der Waals surface area contributed by atoms with Crippen LogP contribution in [-0.2, 0) is 31.4 Å². The summed E-state index contributed by atoms with van der Waals surface area (Å²) in [5.41, 5.74) is 4.01. The molecule has 0 saturated carbocycles. The molecular formula is C20H23N5O2. The zero-order chi connectivity index (χ0) is 18.4. The summed E-state index contributed by atoms with van der Waals surface area (Å²) >= 11 is 0. The summed E-state index contributed by atoms with van der Waals surface area (Å²) in [6, 6.07) is 10.1. The molecule has 1 unspecified atom stereocenters. The Morgan fingerprint density at radius 1 is 1.30 bits per heavy atom. The summed E-state index contributed by atoms with van der Waals surface area (Å²) in [7, 11) is 2.06. The number of anilines is 1. The molecule has 3 aromatic rings. The van der Waals surface area contributed by atoms with Crippen LogP contribution in [0.5, 0.6) is 0 Å². The van der Waals surface area contributed by atoms with Gasteiger partial charge in [0, 0.05) is 31.6 Å². The fourth-order valence-corrected chi connectivity index (χ4v) is 4.26. The maximum Gasteiger partial charge on any atom is 0.267 e. The molecule has 7 nitrogen and oxygen atoms in total. The Morgan fingerprint density at radius 3 is 3.07 bits per heavy atom. The van der Waals surface area contributed by atoms with E-state index in [4.69, 9.17) is 9.72 Å². The van der Waals surface area contributed by atoms with Gasteiger partial charge in [-0.1, -0.05) is 12.1 Å². The van der Waals surface area contributed by atoms with Gasteiger partial charge in [-0.05, 0) is 25.0 Å². The predicted molar refractivity (Wildman–Crippen MR) is 103 cm³/mol. The van der Waals surface area contributed by atoms with E-state index in [0.717, 1.165) is 54.0 Å². The van der Waals surface area contributed by atoms with Crippen molar-refractivity contribution in [2.75, 3.05) is 18.1 Å². The minimum Gasteiger partial charge on any atom is -0.376 e. The van der Waals surface area contributed by atoms with Crippen molar-refractivity contribution < 1.29 is 4.74 Å². The average Bonchev–Trinajstić information content (AvgIpc) is 3.27. The Bertz CT molecular complexity index is 1050. The quantitative estimate of drug-likeness (QED) is 0.709. The van der Waals surface area contributed by atoms with Crippen molar-refractivity contribution in [3.63, 3.8) is 0 Å². The number of aryl methyl sites for hydroxylation is 1. The van der Waals surface area contributed by atoms with E-state index in [0.29, 0.717) is 19.8 Å². The molecule has 7 heteroatoms. The van der Waals surface area contributed by atoms with Crippen LogP contribution in [0.4, 0.5) is 5.95 Å². The largest absolute Gasteiger partial charge is 0.376 e. The van der Waals surface area contributed by atoms with Crippen molar-refractivity contribution in [2.45, 2.75) is 38.5 Å². The van der Waals surface area contributed by atoms with Gasteiger partial charge < -0.3 is 14.2 Å². The second-order valence-corrected chi connectivity index (χ2v) is 7.39. The number of hydrogen-bond acceptors (Lipinski definition) is 5. The second kappa shape index (κ2) is 6.49. The minimum absolute atomic E-state index is 0.0453. The average molecular weight is 365 g/mol. The summed E-state index contributed by atoms with van der Waals surface area (Å²) in [6.45, 7) is 2.72. The van der Waals surface area contributed by atoms with Crippen molar-refractivity contribution in [2.24, 2.45) is 7.05 Å². The Kier molecular flexibility index (Phi) is 3.97. The van der Waals surface area contributed by atoms with Crippen LogP contribution in [0.15, 0.2) is 35.1 Å². The van der Waals surface area contributed by atoms with Crippen LogP contribution >= 0.6 is 0 Å². The summed E-state index contributed by atoms with van der Waals surface area (Å²) in [6.07, 6.45) is 2.91. The standard InChI is InChI=1S/C20H23N5O2/c1-23-18-7-3-2-6-17(18)21-20(23)24-9-4-5-15(24)12-25-19(26)11-14-13-27-10-8-16(14)22-25/h2-3,6-7,11,15H,4-5,8-10,12-13H2,1H3. The predicted octanol–water partition coefficient (Wildman–Crippen LogP) is 1.87.